The van der Waals surface area contributed by atoms with Gasteiger partial charge in [0.25, 0.3) is 0 Å². The van der Waals surface area contributed by atoms with E-state index >= 15 is 0 Å². The second kappa shape index (κ2) is 6.58. The Morgan fingerprint density at radius 1 is 1.05 bits per heavy atom. The normalized spacial score (nSPS) is 32.7. The molecule has 2 aliphatic rings. The molecule has 0 aliphatic heterocycles. The molecule has 0 bridgehead atoms. The first-order valence-electron chi connectivity index (χ1n) is 8.49. The van der Waals surface area contributed by atoms with Crippen LogP contribution >= 0.6 is 0 Å². The van der Waals surface area contributed by atoms with Crippen molar-refractivity contribution >= 4 is 0 Å². The van der Waals surface area contributed by atoms with Crippen molar-refractivity contribution in [2.75, 3.05) is 13.6 Å². The third kappa shape index (κ3) is 3.95. The molecule has 0 heterocycles. The van der Waals surface area contributed by atoms with E-state index < -0.39 is 0 Å². The maximum absolute atomic E-state index is 3.73. The van der Waals surface area contributed by atoms with Crippen molar-refractivity contribution in [3.05, 3.63) is 0 Å². The van der Waals surface area contributed by atoms with Crippen molar-refractivity contribution in [1.82, 2.24) is 10.2 Å². The van der Waals surface area contributed by atoms with Crippen LogP contribution < -0.4 is 5.32 Å². The SMILES string of the molecule is CCNC1CCCCC1N(C)C1CCC(C)(C)CC1. The average Bonchev–Trinajstić information content (AvgIpc) is 2.39. The van der Waals surface area contributed by atoms with Crippen LogP contribution in [0.2, 0.25) is 0 Å². The molecular formula is C17H34N2. The Labute approximate surface area is 120 Å². The monoisotopic (exact) mass is 266 g/mol. The van der Waals surface area contributed by atoms with Gasteiger partial charge in [0.15, 0.2) is 0 Å². The Bertz CT molecular complexity index is 262. The molecule has 0 saturated heterocycles. The van der Waals surface area contributed by atoms with Crippen LogP contribution in [0.3, 0.4) is 0 Å². The summed E-state index contributed by atoms with van der Waals surface area (Å²) in [6.07, 6.45) is 11.2. The molecule has 19 heavy (non-hydrogen) atoms. The van der Waals surface area contributed by atoms with Gasteiger partial charge in [0, 0.05) is 18.1 Å². The molecule has 0 radical (unpaired) electrons. The van der Waals surface area contributed by atoms with E-state index in [0.717, 1.165) is 24.7 Å². The highest BCUT2D eigenvalue weighted by Gasteiger charge is 2.34. The fourth-order valence-corrected chi connectivity index (χ4v) is 4.16. The van der Waals surface area contributed by atoms with Gasteiger partial charge >= 0.3 is 0 Å². The molecule has 0 spiro atoms. The van der Waals surface area contributed by atoms with Gasteiger partial charge in [-0.05, 0) is 57.5 Å². The average molecular weight is 266 g/mol. The molecule has 2 fully saturated rings. The first-order chi connectivity index (χ1) is 9.03. The largest absolute Gasteiger partial charge is 0.313 e. The molecule has 2 nitrogen and oxygen atoms in total. The maximum Gasteiger partial charge on any atom is 0.0249 e. The van der Waals surface area contributed by atoms with E-state index in [2.05, 4.69) is 38.0 Å². The van der Waals surface area contributed by atoms with Gasteiger partial charge in [-0.15, -0.1) is 0 Å². The molecule has 2 rings (SSSR count). The third-order valence-corrected chi connectivity index (χ3v) is 5.60. The number of likely N-dealkylation sites (N-methyl/N-ethyl adjacent to an activating group) is 2. The van der Waals surface area contributed by atoms with Crippen LogP contribution in [0.25, 0.3) is 0 Å². The van der Waals surface area contributed by atoms with Crippen molar-refractivity contribution in [2.24, 2.45) is 5.41 Å². The predicted octanol–water partition coefficient (Wildman–Crippen LogP) is 3.81. The van der Waals surface area contributed by atoms with Gasteiger partial charge in [0.1, 0.15) is 0 Å². The molecule has 2 atom stereocenters. The van der Waals surface area contributed by atoms with Crippen molar-refractivity contribution in [1.29, 1.82) is 0 Å². The molecule has 0 aromatic heterocycles. The Kier molecular flexibility index (Phi) is 5.30. The van der Waals surface area contributed by atoms with E-state index in [1.807, 2.05) is 0 Å². The minimum atomic E-state index is 0.588. The van der Waals surface area contributed by atoms with Crippen LogP contribution in [0, 0.1) is 5.41 Å². The number of nitrogens with zero attached hydrogens (tertiary/aromatic N) is 1. The highest BCUT2D eigenvalue weighted by atomic mass is 15.2. The Hall–Kier alpha value is -0.0800. The number of hydrogen-bond acceptors (Lipinski definition) is 2. The Morgan fingerprint density at radius 2 is 1.68 bits per heavy atom. The standard InChI is InChI=1S/C17H34N2/c1-5-18-15-8-6-7-9-16(15)19(4)14-10-12-17(2,3)13-11-14/h14-16,18H,5-13H2,1-4H3. The first kappa shape index (κ1) is 15.3. The van der Waals surface area contributed by atoms with Crippen LogP contribution in [-0.2, 0) is 0 Å². The highest BCUT2D eigenvalue weighted by molar-refractivity contribution is 4.92. The lowest BCUT2D eigenvalue weighted by atomic mass is 9.74. The Balaban J connectivity index is 1.92. The van der Waals surface area contributed by atoms with Crippen LogP contribution in [-0.4, -0.2) is 36.6 Å². The zero-order chi connectivity index (χ0) is 13.9. The van der Waals surface area contributed by atoms with Crippen LogP contribution in [0.5, 0.6) is 0 Å². The van der Waals surface area contributed by atoms with E-state index in [4.69, 9.17) is 0 Å². The van der Waals surface area contributed by atoms with E-state index in [0.29, 0.717) is 5.41 Å². The van der Waals surface area contributed by atoms with Crippen molar-refractivity contribution in [3.8, 4) is 0 Å². The Morgan fingerprint density at radius 3 is 2.32 bits per heavy atom. The summed E-state index contributed by atoms with van der Waals surface area (Å²) < 4.78 is 0. The fourth-order valence-electron chi connectivity index (χ4n) is 4.16. The summed E-state index contributed by atoms with van der Waals surface area (Å²) in [6.45, 7) is 8.23. The summed E-state index contributed by atoms with van der Waals surface area (Å²) >= 11 is 0. The molecule has 2 saturated carbocycles. The lowest BCUT2D eigenvalue weighted by Crippen LogP contribution is -2.54. The van der Waals surface area contributed by atoms with Gasteiger partial charge in [-0.1, -0.05) is 33.6 Å². The van der Waals surface area contributed by atoms with E-state index in [1.165, 1.54) is 51.4 Å². The summed E-state index contributed by atoms with van der Waals surface area (Å²) in [4.78, 5) is 2.74. The zero-order valence-electron chi connectivity index (χ0n) is 13.5. The molecule has 0 aromatic rings. The molecule has 0 amide bonds. The molecule has 112 valence electrons. The van der Waals surface area contributed by atoms with Gasteiger partial charge < -0.3 is 5.32 Å². The lowest BCUT2D eigenvalue weighted by Gasteiger charge is -2.45. The zero-order valence-corrected chi connectivity index (χ0v) is 13.5. The summed E-state index contributed by atoms with van der Waals surface area (Å²) in [5.41, 5.74) is 0.588. The molecule has 2 unspecified atom stereocenters. The molecule has 2 heteroatoms. The fraction of sp³-hybridized carbons (Fsp3) is 1.00. The minimum absolute atomic E-state index is 0.588. The van der Waals surface area contributed by atoms with Crippen molar-refractivity contribution in [2.45, 2.75) is 90.3 Å². The quantitative estimate of drug-likeness (QED) is 0.832. The molecule has 2 aliphatic carbocycles. The number of hydrogen-bond donors (Lipinski definition) is 1. The summed E-state index contributed by atoms with van der Waals surface area (Å²) in [5, 5.41) is 3.73. The molecule has 1 N–H and O–H groups in total. The van der Waals surface area contributed by atoms with Crippen LogP contribution in [0.15, 0.2) is 0 Å². The third-order valence-electron chi connectivity index (χ3n) is 5.60. The van der Waals surface area contributed by atoms with Gasteiger partial charge in [-0.25, -0.2) is 0 Å². The lowest BCUT2D eigenvalue weighted by molar-refractivity contribution is 0.0615. The van der Waals surface area contributed by atoms with Gasteiger partial charge in [-0.3, -0.25) is 4.90 Å². The molecule has 0 aromatic carbocycles. The molecular weight excluding hydrogens is 232 g/mol. The van der Waals surface area contributed by atoms with Gasteiger partial charge in [-0.2, -0.15) is 0 Å². The number of rotatable bonds is 4. The minimum Gasteiger partial charge on any atom is -0.313 e. The second-order valence-electron chi connectivity index (χ2n) is 7.58. The van der Waals surface area contributed by atoms with Crippen molar-refractivity contribution in [3.63, 3.8) is 0 Å². The van der Waals surface area contributed by atoms with Crippen LogP contribution in [0.1, 0.15) is 72.1 Å². The number of nitrogens with one attached hydrogen (secondary N) is 1. The smallest absolute Gasteiger partial charge is 0.0249 e. The van der Waals surface area contributed by atoms with E-state index in [9.17, 15) is 0 Å². The summed E-state index contributed by atoms with van der Waals surface area (Å²) in [6, 6.07) is 2.34. The topological polar surface area (TPSA) is 15.3 Å². The summed E-state index contributed by atoms with van der Waals surface area (Å²) in [7, 11) is 2.39. The van der Waals surface area contributed by atoms with Gasteiger partial charge in [0.05, 0.1) is 0 Å². The first-order valence-corrected chi connectivity index (χ1v) is 8.49. The van der Waals surface area contributed by atoms with E-state index in [-0.39, 0.29) is 0 Å². The highest BCUT2D eigenvalue weighted by Crippen LogP contribution is 2.38. The van der Waals surface area contributed by atoms with Crippen LogP contribution in [0.4, 0.5) is 0 Å². The van der Waals surface area contributed by atoms with E-state index in [1.54, 1.807) is 0 Å². The van der Waals surface area contributed by atoms with Gasteiger partial charge in [0.2, 0.25) is 0 Å². The second-order valence-corrected chi connectivity index (χ2v) is 7.58. The summed E-state index contributed by atoms with van der Waals surface area (Å²) in [5.74, 6) is 0. The van der Waals surface area contributed by atoms with Crippen molar-refractivity contribution < 1.29 is 0 Å². The predicted molar refractivity (Wildman–Crippen MR) is 83.5 cm³/mol. The maximum atomic E-state index is 3.73.